The van der Waals surface area contributed by atoms with Gasteiger partial charge in [-0.25, -0.2) is 17.6 Å². The summed E-state index contributed by atoms with van der Waals surface area (Å²) in [5.41, 5.74) is -1.87. The van der Waals surface area contributed by atoms with E-state index in [2.05, 4.69) is 20.8 Å². The van der Waals surface area contributed by atoms with Gasteiger partial charge in [-0.1, -0.05) is 18.1 Å². The molecule has 1 N–H and O–H groups in total. The Morgan fingerprint density at radius 3 is 2.44 bits per heavy atom. The van der Waals surface area contributed by atoms with Gasteiger partial charge in [0.1, 0.15) is 22.9 Å². The molecule has 4 aromatic rings. The highest BCUT2D eigenvalue weighted by Gasteiger charge is 2.71. The molecule has 0 radical (unpaired) electrons. The summed E-state index contributed by atoms with van der Waals surface area (Å²) >= 11 is 0. The normalized spacial score (nSPS) is 25.4. The summed E-state index contributed by atoms with van der Waals surface area (Å²) in [5.74, 6) is -4.40. The number of carbonyl (C=O) groups is 1. The van der Waals surface area contributed by atoms with Crippen molar-refractivity contribution in [3.63, 3.8) is 0 Å². The summed E-state index contributed by atoms with van der Waals surface area (Å²) in [6, 6.07) is 6.71. The van der Waals surface area contributed by atoms with Crippen molar-refractivity contribution in [3.05, 3.63) is 53.6 Å². The largest absolute Gasteiger partial charge is 0.508 e. The number of piperazine rings is 1. The van der Waals surface area contributed by atoms with Gasteiger partial charge in [-0.05, 0) is 74.7 Å². The van der Waals surface area contributed by atoms with Gasteiger partial charge in [0.25, 0.3) is 5.92 Å². The SMILES string of the molecule is C#Cc1cccc2cc(O)cc(-c3c(F)cc4c(N5CC6CCC(C5)N6C(=O)C(F)(F)F)nc(OCC5(CN6CCCC7(C6)CC7(F)F)CC5)nc4c3F)c12. The number of phenolic OH excluding ortho intramolecular Hbond substituents is 1. The highest BCUT2D eigenvalue weighted by molar-refractivity contribution is 6.04. The molecule has 1 amide bonds. The van der Waals surface area contributed by atoms with Crippen molar-refractivity contribution >= 4 is 33.4 Å². The molecule has 4 heterocycles. The number of terminal acetylenes is 1. The van der Waals surface area contributed by atoms with Crippen LogP contribution in [0.25, 0.3) is 32.8 Å². The molecule has 8 nitrogen and oxygen atoms in total. The maximum atomic E-state index is 17.1. The van der Waals surface area contributed by atoms with Gasteiger partial charge in [0.05, 0.1) is 29.7 Å². The smallest absolute Gasteiger partial charge is 0.471 e. The molecule has 5 aliphatic rings. The fourth-order valence-electron chi connectivity index (χ4n) is 9.40. The minimum Gasteiger partial charge on any atom is -0.508 e. The summed E-state index contributed by atoms with van der Waals surface area (Å²) in [6.45, 7) is 1.44. The zero-order valence-electron chi connectivity index (χ0n) is 29.5. The van der Waals surface area contributed by atoms with Crippen molar-refractivity contribution in [3.8, 4) is 35.2 Å². The molecule has 2 saturated carbocycles. The Balaban J connectivity index is 1.10. The number of halogens is 7. The third-order valence-corrected chi connectivity index (χ3v) is 12.4. The van der Waals surface area contributed by atoms with E-state index in [1.165, 1.54) is 12.1 Å². The van der Waals surface area contributed by atoms with E-state index >= 15 is 8.78 Å². The monoisotopic (exact) mass is 767 g/mol. The van der Waals surface area contributed by atoms with Crippen molar-refractivity contribution in [2.24, 2.45) is 10.8 Å². The van der Waals surface area contributed by atoms with Crippen LogP contribution in [0.4, 0.5) is 36.6 Å². The number of likely N-dealkylation sites (tertiary alicyclic amines) is 1. The van der Waals surface area contributed by atoms with E-state index in [0.29, 0.717) is 61.7 Å². The van der Waals surface area contributed by atoms with Gasteiger partial charge in [0.15, 0.2) is 5.82 Å². The number of aromatic nitrogens is 2. The van der Waals surface area contributed by atoms with Gasteiger partial charge < -0.3 is 24.5 Å². The average molecular weight is 768 g/mol. The average Bonchev–Trinajstić information content (AvgIpc) is 3.98. The van der Waals surface area contributed by atoms with Crippen LogP contribution >= 0.6 is 0 Å². The quantitative estimate of drug-likeness (QED) is 0.155. The second kappa shape index (κ2) is 12.3. The summed E-state index contributed by atoms with van der Waals surface area (Å²) < 4.78 is 109. The van der Waals surface area contributed by atoms with Crippen molar-refractivity contribution < 1.29 is 45.4 Å². The number of benzene rings is 3. The molecule has 3 aromatic carbocycles. The molecule has 5 fully saturated rings. The lowest BCUT2D eigenvalue weighted by molar-refractivity contribution is -0.188. The van der Waals surface area contributed by atoms with Crippen LogP contribution in [0.1, 0.15) is 50.5 Å². The van der Waals surface area contributed by atoms with Crippen LogP contribution in [0.3, 0.4) is 0 Å². The molecule has 3 aliphatic heterocycles. The first kappa shape index (κ1) is 35.8. The molecule has 1 aromatic heterocycles. The van der Waals surface area contributed by atoms with E-state index in [-0.39, 0.29) is 65.6 Å². The summed E-state index contributed by atoms with van der Waals surface area (Å²) in [4.78, 5) is 25.9. The van der Waals surface area contributed by atoms with Crippen LogP contribution in [0.2, 0.25) is 0 Å². The van der Waals surface area contributed by atoms with E-state index in [9.17, 15) is 31.9 Å². The Kier molecular flexibility index (Phi) is 8.03. The number of anilines is 1. The standard InChI is InChI=1S/C40H36F7N5O3/c1-2-22-5-3-6-23-13-26(53)14-27(30(22)23)31-29(41)15-28-33(32(31)42)48-36(49-34(28)51-16-24-7-8-25(17-51)52(24)35(54)40(45,46)47)55-21-37(10-11-37)19-50-12-4-9-38(20-50)18-39(38,43)44/h1,3,5-6,13-15,24-25,53H,4,7-12,16-21H2. The molecule has 1 spiro atoms. The Bertz CT molecular complexity index is 2290. The topological polar surface area (TPSA) is 82.0 Å². The van der Waals surface area contributed by atoms with Crippen molar-refractivity contribution in [2.45, 2.75) is 69.1 Å². The number of hydrogen-bond acceptors (Lipinski definition) is 7. The highest BCUT2D eigenvalue weighted by Crippen LogP contribution is 2.65. The van der Waals surface area contributed by atoms with E-state index in [0.717, 1.165) is 23.8 Å². The minimum absolute atomic E-state index is 0.0159. The van der Waals surface area contributed by atoms with E-state index in [1.54, 1.807) is 23.1 Å². The Morgan fingerprint density at radius 1 is 1.05 bits per heavy atom. The molecule has 15 heteroatoms. The first-order valence-electron chi connectivity index (χ1n) is 18.4. The first-order chi connectivity index (χ1) is 26.1. The number of piperidine rings is 1. The molecule has 3 saturated heterocycles. The Labute approximate surface area is 311 Å². The lowest BCUT2D eigenvalue weighted by atomic mass is 9.93. The van der Waals surface area contributed by atoms with E-state index < -0.39 is 52.7 Å². The molecule has 9 rings (SSSR count). The maximum Gasteiger partial charge on any atom is 0.471 e. The highest BCUT2D eigenvalue weighted by atomic mass is 19.4. The predicted molar refractivity (Wildman–Crippen MR) is 189 cm³/mol. The van der Waals surface area contributed by atoms with Crippen LogP contribution in [0.5, 0.6) is 11.8 Å². The van der Waals surface area contributed by atoms with Crippen LogP contribution in [0.15, 0.2) is 36.4 Å². The number of alkyl halides is 5. The number of aromatic hydroxyl groups is 1. The van der Waals surface area contributed by atoms with E-state index in [1.807, 2.05) is 0 Å². The van der Waals surface area contributed by atoms with Crippen LogP contribution in [-0.2, 0) is 4.79 Å². The van der Waals surface area contributed by atoms with Crippen LogP contribution in [0, 0.1) is 34.8 Å². The maximum absolute atomic E-state index is 17.1. The zero-order valence-corrected chi connectivity index (χ0v) is 29.5. The zero-order chi connectivity index (χ0) is 38.7. The second-order valence-corrected chi connectivity index (χ2v) is 16.1. The third-order valence-electron chi connectivity index (χ3n) is 12.4. The molecule has 55 heavy (non-hydrogen) atoms. The van der Waals surface area contributed by atoms with Crippen LogP contribution < -0.4 is 9.64 Å². The van der Waals surface area contributed by atoms with Crippen molar-refractivity contribution in [2.75, 3.05) is 44.2 Å². The fourth-order valence-corrected chi connectivity index (χ4v) is 9.40. The molecule has 3 unspecified atom stereocenters. The molecule has 2 aliphatic carbocycles. The van der Waals surface area contributed by atoms with Gasteiger partial charge in [0.2, 0.25) is 0 Å². The summed E-state index contributed by atoms with van der Waals surface area (Å²) in [6.07, 6.45) is 3.89. The molecule has 288 valence electrons. The molecular weight excluding hydrogens is 731 g/mol. The summed E-state index contributed by atoms with van der Waals surface area (Å²) in [7, 11) is 0. The van der Waals surface area contributed by atoms with Gasteiger partial charge in [0, 0.05) is 59.9 Å². The summed E-state index contributed by atoms with van der Waals surface area (Å²) in [5, 5.41) is 11.3. The minimum atomic E-state index is -5.06. The number of phenols is 1. The first-order valence-corrected chi connectivity index (χ1v) is 18.4. The number of fused-ring (bicyclic) bond motifs is 4. The van der Waals surface area contributed by atoms with Gasteiger partial charge in [-0.2, -0.15) is 23.1 Å². The Hall–Kier alpha value is -4.84. The van der Waals surface area contributed by atoms with Crippen molar-refractivity contribution in [1.29, 1.82) is 0 Å². The molecular formula is C40H36F7N5O3. The second-order valence-electron chi connectivity index (χ2n) is 16.1. The lowest BCUT2D eigenvalue weighted by Gasteiger charge is -2.42. The Morgan fingerprint density at radius 2 is 1.78 bits per heavy atom. The van der Waals surface area contributed by atoms with Gasteiger partial charge in [-0.3, -0.25) is 4.79 Å². The number of ether oxygens (including phenoxy) is 1. The van der Waals surface area contributed by atoms with Crippen molar-refractivity contribution in [1.82, 2.24) is 19.8 Å². The third kappa shape index (κ3) is 5.98. The van der Waals surface area contributed by atoms with Gasteiger partial charge in [-0.15, -0.1) is 6.42 Å². The van der Waals surface area contributed by atoms with E-state index in [4.69, 9.17) is 11.2 Å². The molecule has 3 atom stereocenters. The predicted octanol–water partition coefficient (Wildman–Crippen LogP) is 7.44. The van der Waals surface area contributed by atoms with Crippen LogP contribution in [-0.4, -0.2) is 94.3 Å². The number of rotatable bonds is 7. The number of nitrogens with zero attached hydrogens (tertiary/aromatic N) is 5. The number of amides is 1. The number of carbonyl (C=O) groups excluding carboxylic acids is 1. The molecule has 2 bridgehead atoms. The number of hydrogen-bond donors (Lipinski definition) is 1. The van der Waals surface area contributed by atoms with Gasteiger partial charge >= 0.3 is 18.1 Å². The lowest BCUT2D eigenvalue weighted by Crippen LogP contribution is -2.59. The fraction of sp³-hybridized carbons (Fsp3) is 0.475.